The van der Waals surface area contributed by atoms with Gasteiger partial charge in [0.15, 0.2) is 0 Å². The summed E-state index contributed by atoms with van der Waals surface area (Å²) in [6.45, 7) is 3.48. The van der Waals surface area contributed by atoms with Crippen molar-refractivity contribution in [1.82, 2.24) is 0 Å². The van der Waals surface area contributed by atoms with E-state index >= 15 is 0 Å². The minimum atomic E-state index is -0.294. The lowest BCUT2D eigenvalue weighted by Crippen LogP contribution is -2.28. The third-order valence-corrected chi connectivity index (χ3v) is 2.65. The summed E-state index contributed by atoms with van der Waals surface area (Å²) in [5.41, 5.74) is 2.28. The smallest absolute Gasteiger partial charge is 0.142 e. The number of aliphatic hydroxyl groups is 1. The van der Waals surface area contributed by atoms with Crippen LogP contribution in [0.2, 0.25) is 0 Å². The standard InChI is InChI=1S/C12H17NO2/c1-9(14)7-10-3-4-12-11(8-10)13(2)5-6-15-12/h3-4,8-9,14H,5-7H2,1-2H3/t9-/m1/s1. The van der Waals surface area contributed by atoms with Crippen molar-refractivity contribution in [1.29, 1.82) is 0 Å². The molecule has 1 heterocycles. The number of hydrogen-bond acceptors (Lipinski definition) is 3. The van der Waals surface area contributed by atoms with Crippen LogP contribution in [-0.2, 0) is 6.42 Å². The predicted molar refractivity (Wildman–Crippen MR) is 60.6 cm³/mol. The molecule has 1 aliphatic heterocycles. The monoisotopic (exact) mass is 207 g/mol. The van der Waals surface area contributed by atoms with Crippen LogP contribution in [-0.4, -0.2) is 31.4 Å². The molecule has 15 heavy (non-hydrogen) atoms. The van der Waals surface area contributed by atoms with E-state index in [1.54, 1.807) is 6.92 Å². The molecule has 0 aromatic heterocycles. The van der Waals surface area contributed by atoms with Crippen LogP contribution < -0.4 is 9.64 Å². The summed E-state index contributed by atoms with van der Waals surface area (Å²) in [5.74, 6) is 0.943. The molecule has 1 aromatic rings. The molecule has 0 saturated heterocycles. The van der Waals surface area contributed by atoms with Crippen molar-refractivity contribution in [2.75, 3.05) is 25.1 Å². The third-order valence-electron chi connectivity index (χ3n) is 2.65. The quantitative estimate of drug-likeness (QED) is 0.796. The molecular weight excluding hydrogens is 190 g/mol. The van der Waals surface area contributed by atoms with Crippen molar-refractivity contribution in [3.8, 4) is 5.75 Å². The average molecular weight is 207 g/mol. The summed E-state index contributed by atoms with van der Waals surface area (Å²) in [6, 6.07) is 6.11. The second-order valence-electron chi connectivity index (χ2n) is 4.13. The second-order valence-corrected chi connectivity index (χ2v) is 4.13. The first-order valence-corrected chi connectivity index (χ1v) is 5.32. The number of likely N-dealkylation sites (N-methyl/N-ethyl adjacent to an activating group) is 1. The van der Waals surface area contributed by atoms with Gasteiger partial charge in [-0.1, -0.05) is 6.07 Å². The summed E-state index contributed by atoms with van der Waals surface area (Å²) in [5, 5.41) is 9.33. The van der Waals surface area contributed by atoms with Crippen molar-refractivity contribution in [2.24, 2.45) is 0 Å². The SMILES string of the molecule is C[C@@H](O)Cc1ccc2c(c1)N(C)CCO2. The van der Waals surface area contributed by atoms with Crippen LogP contribution in [0.3, 0.4) is 0 Å². The van der Waals surface area contributed by atoms with Crippen LogP contribution in [0.5, 0.6) is 5.75 Å². The zero-order valence-electron chi connectivity index (χ0n) is 9.23. The minimum absolute atomic E-state index is 0.294. The maximum atomic E-state index is 9.33. The second kappa shape index (κ2) is 4.11. The van der Waals surface area contributed by atoms with Crippen LogP contribution in [0.25, 0.3) is 0 Å². The lowest BCUT2D eigenvalue weighted by Gasteiger charge is -2.28. The van der Waals surface area contributed by atoms with E-state index in [1.165, 1.54) is 0 Å². The Morgan fingerprint density at radius 3 is 3.07 bits per heavy atom. The van der Waals surface area contributed by atoms with Gasteiger partial charge in [0.1, 0.15) is 12.4 Å². The Labute approximate surface area is 90.3 Å². The van der Waals surface area contributed by atoms with Crippen LogP contribution in [0.15, 0.2) is 18.2 Å². The van der Waals surface area contributed by atoms with Gasteiger partial charge < -0.3 is 14.7 Å². The summed E-state index contributed by atoms with van der Waals surface area (Å²) in [6.07, 6.45) is 0.402. The summed E-state index contributed by atoms with van der Waals surface area (Å²) in [7, 11) is 2.06. The van der Waals surface area contributed by atoms with Crippen LogP contribution >= 0.6 is 0 Å². The van der Waals surface area contributed by atoms with E-state index in [1.807, 2.05) is 12.1 Å². The molecule has 0 fully saturated rings. The average Bonchev–Trinajstić information content (AvgIpc) is 2.18. The fraction of sp³-hybridized carbons (Fsp3) is 0.500. The van der Waals surface area contributed by atoms with Crippen LogP contribution in [0.1, 0.15) is 12.5 Å². The zero-order valence-corrected chi connectivity index (χ0v) is 9.23. The first-order valence-electron chi connectivity index (χ1n) is 5.32. The Bertz CT molecular complexity index is 349. The molecule has 3 nitrogen and oxygen atoms in total. The molecule has 0 aliphatic carbocycles. The first kappa shape index (κ1) is 10.3. The fourth-order valence-corrected chi connectivity index (χ4v) is 1.86. The molecule has 3 heteroatoms. The van der Waals surface area contributed by atoms with E-state index in [0.29, 0.717) is 6.42 Å². The highest BCUT2D eigenvalue weighted by Gasteiger charge is 2.15. The van der Waals surface area contributed by atoms with Crippen molar-refractivity contribution < 1.29 is 9.84 Å². The Hall–Kier alpha value is -1.22. The maximum Gasteiger partial charge on any atom is 0.142 e. The lowest BCUT2D eigenvalue weighted by molar-refractivity contribution is 0.195. The molecule has 1 atom stereocenters. The molecule has 1 aliphatic rings. The molecule has 0 amide bonds. The van der Waals surface area contributed by atoms with E-state index in [0.717, 1.165) is 30.2 Å². The van der Waals surface area contributed by atoms with Gasteiger partial charge in [0.05, 0.1) is 18.3 Å². The molecule has 1 aromatic carbocycles. The molecule has 82 valence electrons. The number of benzene rings is 1. The van der Waals surface area contributed by atoms with Gasteiger partial charge in [0, 0.05) is 7.05 Å². The van der Waals surface area contributed by atoms with E-state index < -0.39 is 0 Å². The number of nitrogens with zero attached hydrogens (tertiary/aromatic N) is 1. The molecule has 0 unspecified atom stereocenters. The van der Waals surface area contributed by atoms with Crippen LogP contribution in [0.4, 0.5) is 5.69 Å². The molecule has 2 rings (SSSR count). The molecule has 0 radical (unpaired) electrons. The van der Waals surface area contributed by atoms with E-state index in [2.05, 4.69) is 18.0 Å². The largest absolute Gasteiger partial charge is 0.490 e. The number of fused-ring (bicyclic) bond motifs is 1. The van der Waals surface area contributed by atoms with Gasteiger partial charge in [0.2, 0.25) is 0 Å². The van der Waals surface area contributed by atoms with Crippen molar-refractivity contribution >= 4 is 5.69 Å². The third kappa shape index (κ3) is 2.23. The predicted octanol–water partition coefficient (Wildman–Crippen LogP) is 1.44. The number of anilines is 1. The van der Waals surface area contributed by atoms with Crippen molar-refractivity contribution in [3.63, 3.8) is 0 Å². The normalized spacial score (nSPS) is 16.9. The molecule has 0 bridgehead atoms. The highest BCUT2D eigenvalue weighted by Crippen LogP contribution is 2.31. The van der Waals surface area contributed by atoms with Gasteiger partial charge in [-0.3, -0.25) is 0 Å². The van der Waals surface area contributed by atoms with Crippen molar-refractivity contribution in [3.05, 3.63) is 23.8 Å². The van der Waals surface area contributed by atoms with E-state index in [4.69, 9.17) is 4.74 Å². The van der Waals surface area contributed by atoms with Gasteiger partial charge in [0.25, 0.3) is 0 Å². The molecule has 0 spiro atoms. The van der Waals surface area contributed by atoms with Crippen LogP contribution in [0, 0.1) is 0 Å². The minimum Gasteiger partial charge on any atom is -0.490 e. The number of ether oxygens (including phenoxy) is 1. The molecular formula is C12H17NO2. The summed E-state index contributed by atoms with van der Waals surface area (Å²) in [4.78, 5) is 2.18. The Morgan fingerprint density at radius 1 is 1.53 bits per heavy atom. The zero-order chi connectivity index (χ0) is 10.8. The maximum absolute atomic E-state index is 9.33. The molecule has 0 saturated carbocycles. The van der Waals surface area contributed by atoms with Gasteiger partial charge >= 0.3 is 0 Å². The highest BCUT2D eigenvalue weighted by molar-refractivity contribution is 5.60. The summed E-state index contributed by atoms with van der Waals surface area (Å²) < 4.78 is 5.55. The lowest BCUT2D eigenvalue weighted by atomic mass is 10.1. The first-order chi connectivity index (χ1) is 7.16. The number of hydrogen-bond donors (Lipinski definition) is 1. The Balaban J connectivity index is 2.27. The Kier molecular flexibility index (Phi) is 2.82. The number of aliphatic hydroxyl groups excluding tert-OH is 1. The van der Waals surface area contributed by atoms with Gasteiger partial charge in [-0.05, 0) is 31.0 Å². The van der Waals surface area contributed by atoms with Gasteiger partial charge in [-0.15, -0.1) is 0 Å². The highest BCUT2D eigenvalue weighted by atomic mass is 16.5. The Morgan fingerprint density at radius 2 is 2.33 bits per heavy atom. The topological polar surface area (TPSA) is 32.7 Å². The van der Waals surface area contributed by atoms with Crippen molar-refractivity contribution in [2.45, 2.75) is 19.4 Å². The fourth-order valence-electron chi connectivity index (χ4n) is 1.86. The summed E-state index contributed by atoms with van der Waals surface area (Å²) >= 11 is 0. The van der Waals surface area contributed by atoms with E-state index in [-0.39, 0.29) is 6.10 Å². The molecule has 1 N–H and O–H groups in total. The van der Waals surface area contributed by atoms with E-state index in [9.17, 15) is 5.11 Å². The van der Waals surface area contributed by atoms with Gasteiger partial charge in [-0.25, -0.2) is 0 Å². The number of rotatable bonds is 2. The van der Waals surface area contributed by atoms with Gasteiger partial charge in [-0.2, -0.15) is 0 Å².